The predicted octanol–water partition coefficient (Wildman–Crippen LogP) is 3.34. The van der Waals surface area contributed by atoms with Gasteiger partial charge in [0.05, 0.1) is 5.56 Å². The molecule has 2 aromatic heterocycles. The van der Waals surface area contributed by atoms with E-state index in [9.17, 15) is 0 Å². The van der Waals surface area contributed by atoms with Gasteiger partial charge in [0.2, 0.25) is 0 Å². The minimum absolute atomic E-state index is 0.583. The number of rotatable bonds is 1. The molecule has 19 heavy (non-hydrogen) atoms. The molecule has 0 bridgehead atoms. The highest BCUT2D eigenvalue weighted by molar-refractivity contribution is 9.10. The van der Waals surface area contributed by atoms with E-state index in [1.807, 2.05) is 29.5 Å². The van der Waals surface area contributed by atoms with Crippen LogP contribution in [0.2, 0.25) is 0 Å². The topological polar surface area (TPSA) is 54.0 Å². The van der Waals surface area contributed by atoms with E-state index in [-0.39, 0.29) is 0 Å². The minimum atomic E-state index is 0.583. The Morgan fingerprint density at radius 2 is 2.05 bits per heavy atom. The van der Waals surface area contributed by atoms with E-state index >= 15 is 0 Å². The first kappa shape index (κ1) is 11.9. The van der Waals surface area contributed by atoms with Crippen LogP contribution in [-0.2, 0) is 0 Å². The Morgan fingerprint density at radius 1 is 1.21 bits per heavy atom. The molecule has 2 heterocycles. The summed E-state index contributed by atoms with van der Waals surface area (Å²) in [6.07, 6.45) is 1.75. The van der Waals surface area contributed by atoms with E-state index in [0.29, 0.717) is 5.56 Å². The van der Waals surface area contributed by atoms with Crippen LogP contribution in [0.25, 0.3) is 17.0 Å². The maximum Gasteiger partial charge on any atom is 0.168 e. The quantitative estimate of drug-likeness (QED) is 0.692. The molecular formula is C14H9BrN4. The fourth-order valence-corrected chi connectivity index (χ4v) is 2.26. The fraction of sp³-hybridized carbons (Fsp3) is 0.0714. The van der Waals surface area contributed by atoms with Crippen LogP contribution in [0.4, 0.5) is 0 Å². The standard InChI is InChI=1S/C14H9BrN4/c1-9-2-4-11(6-12(9)15)14-18-17-13-5-3-10(7-16)8-19(13)14/h2-6,8H,1H3. The maximum atomic E-state index is 8.96. The molecule has 0 spiro atoms. The van der Waals surface area contributed by atoms with Gasteiger partial charge in [0.15, 0.2) is 11.5 Å². The number of nitriles is 1. The van der Waals surface area contributed by atoms with E-state index in [1.165, 1.54) is 0 Å². The lowest BCUT2D eigenvalue weighted by atomic mass is 10.1. The van der Waals surface area contributed by atoms with Crippen LogP contribution in [0, 0.1) is 18.3 Å². The summed E-state index contributed by atoms with van der Waals surface area (Å²) in [5.74, 6) is 0.729. The number of fused-ring (bicyclic) bond motifs is 1. The molecule has 0 aliphatic rings. The monoisotopic (exact) mass is 312 g/mol. The molecule has 0 saturated heterocycles. The van der Waals surface area contributed by atoms with Crippen LogP contribution < -0.4 is 0 Å². The molecule has 0 saturated carbocycles. The third kappa shape index (κ3) is 2.00. The van der Waals surface area contributed by atoms with Crippen LogP contribution >= 0.6 is 15.9 Å². The van der Waals surface area contributed by atoms with Crippen molar-refractivity contribution in [3.63, 3.8) is 0 Å². The Hall–Kier alpha value is -2.19. The van der Waals surface area contributed by atoms with Crippen LogP contribution in [0.5, 0.6) is 0 Å². The summed E-state index contributed by atoms with van der Waals surface area (Å²) in [7, 11) is 0. The van der Waals surface area contributed by atoms with Gasteiger partial charge in [-0.05, 0) is 30.7 Å². The van der Waals surface area contributed by atoms with Crippen LogP contribution in [0.3, 0.4) is 0 Å². The number of benzene rings is 1. The number of hydrogen-bond acceptors (Lipinski definition) is 3. The van der Waals surface area contributed by atoms with Gasteiger partial charge in [0, 0.05) is 16.2 Å². The Balaban J connectivity index is 2.24. The van der Waals surface area contributed by atoms with E-state index in [2.05, 4.69) is 32.2 Å². The van der Waals surface area contributed by atoms with Gasteiger partial charge in [-0.1, -0.05) is 28.1 Å². The Bertz CT molecular complexity index is 814. The molecule has 92 valence electrons. The van der Waals surface area contributed by atoms with Gasteiger partial charge in [-0.15, -0.1) is 10.2 Å². The molecule has 0 amide bonds. The second-order valence-corrected chi connectivity index (χ2v) is 5.10. The molecule has 0 aliphatic heterocycles. The third-order valence-corrected chi connectivity index (χ3v) is 3.82. The molecule has 3 aromatic rings. The lowest BCUT2D eigenvalue weighted by molar-refractivity contribution is 1.11. The number of pyridine rings is 1. The number of hydrogen-bond donors (Lipinski definition) is 0. The van der Waals surface area contributed by atoms with E-state index in [4.69, 9.17) is 5.26 Å². The number of aromatic nitrogens is 3. The summed E-state index contributed by atoms with van der Waals surface area (Å²) in [4.78, 5) is 0. The van der Waals surface area contributed by atoms with Crippen molar-refractivity contribution < 1.29 is 0 Å². The molecule has 0 atom stereocenters. The highest BCUT2D eigenvalue weighted by Gasteiger charge is 2.09. The van der Waals surface area contributed by atoms with Gasteiger partial charge >= 0.3 is 0 Å². The van der Waals surface area contributed by atoms with Crippen LogP contribution in [0.15, 0.2) is 41.0 Å². The zero-order valence-electron chi connectivity index (χ0n) is 10.1. The fourth-order valence-electron chi connectivity index (χ4n) is 1.89. The molecule has 5 heteroatoms. The smallest absolute Gasteiger partial charge is 0.168 e. The Kier molecular flexibility index (Phi) is 2.80. The zero-order chi connectivity index (χ0) is 13.4. The van der Waals surface area contributed by atoms with Crippen LogP contribution in [0.1, 0.15) is 11.1 Å². The van der Waals surface area contributed by atoms with Gasteiger partial charge in [0.25, 0.3) is 0 Å². The summed E-state index contributed by atoms with van der Waals surface area (Å²) >= 11 is 3.51. The highest BCUT2D eigenvalue weighted by Crippen LogP contribution is 2.25. The molecule has 0 aliphatic carbocycles. The van der Waals surface area contributed by atoms with E-state index < -0.39 is 0 Å². The summed E-state index contributed by atoms with van der Waals surface area (Å²) in [5.41, 5.74) is 3.43. The lowest BCUT2D eigenvalue weighted by Gasteiger charge is -2.03. The third-order valence-electron chi connectivity index (χ3n) is 2.96. The van der Waals surface area contributed by atoms with Crippen molar-refractivity contribution in [3.8, 4) is 17.5 Å². The maximum absolute atomic E-state index is 8.96. The van der Waals surface area contributed by atoms with Gasteiger partial charge in [-0.3, -0.25) is 4.40 Å². The van der Waals surface area contributed by atoms with Crippen molar-refractivity contribution in [3.05, 3.63) is 52.1 Å². The molecule has 1 aromatic carbocycles. The summed E-state index contributed by atoms with van der Waals surface area (Å²) in [5, 5.41) is 17.3. The molecule has 0 N–H and O–H groups in total. The van der Waals surface area contributed by atoms with Gasteiger partial charge in [-0.25, -0.2) is 0 Å². The van der Waals surface area contributed by atoms with Crippen molar-refractivity contribution in [2.24, 2.45) is 0 Å². The SMILES string of the molecule is Cc1ccc(-c2nnc3ccc(C#N)cn23)cc1Br. The average Bonchev–Trinajstić information content (AvgIpc) is 2.84. The first-order valence-corrected chi connectivity index (χ1v) is 6.50. The van der Waals surface area contributed by atoms with E-state index in [0.717, 1.165) is 27.1 Å². The molecule has 4 nitrogen and oxygen atoms in total. The first-order valence-electron chi connectivity index (χ1n) is 5.70. The number of halogens is 1. The summed E-state index contributed by atoms with van der Waals surface area (Å²) in [6, 6.07) is 11.7. The van der Waals surface area contributed by atoms with Gasteiger partial charge < -0.3 is 0 Å². The summed E-state index contributed by atoms with van der Waals surface area (Å²) < 4.78 is 2.86. The van der Waals surface area contributed by atoms with Crippen LogP contribution in [-0.4, -0.2) is 14.6 Å². The second-order valence-electron chi connectivity index (χ2n) is 4.25. The van der Waals surface area contributed by atoms with Crippen molar-refractivity contribution in [2.45, 2.75) is 6.92 Å². The largest absolute Gasteiger partial charge is 0.281 e. The van der Waals surface area contributed by atoms with E-state index in [1.54, 1.807) is 18.3 Å². The van der Waals surface area contributed by atoms with Crippen molar-refractivity contribution in [1.82, 2.24) is 14.6 Å². The predicted molar refractivity (Wildman–Crippen MR) is 75.6 cm³/mol. The Labute approximate surface area is 118 Å². The molecule has 0 radical (unpaired) electrons. The normalized spacial score (nSPS) is 10.6. The van der Waals surface area contributed by atoms with Crippen molar-refractivity contribution in [2.75, 3.05) is 0 Å². The molecule has 0 fully saturated rings. The Morgan fingerprint density at radius 3 is 2.79 bits per heavy atom. The number of nitrogens with zero attached hydrogens (tertiary/aromatic N) is 4. The molecule has 0 unspecified atom stereocenters. The van der Waals surface area contributed by atoms with Crippen molar-refractivity contribution in [1.29, 1.82) is 5.26 Å². The summed E-state index contributed by atoms with van der Waals surface area (Å²) in [6.45, 7) is 2.03. The highest BCUT2D eigenvalue weighted by atomic mass is 79.9. The van der Waals surface area contributed by atoms with Crippen molar-refractivity contribution >= 4 is 21.6 Å². The average molecular weight is 313 g/mol. The lowest BCUT2D eigenvalue weighted by Crippen LogP contribution is -1.91. The zero-order valence-corrected chi connectivity index (χ0v) is 11.7. The minimum Gasteiger partial charge on any atom is -0.281 e. The second kappa shape index (κ2) is 4.48. The molecular weight excluding hydrogens is 304 g/mol. The van der Waals surface area contributed by atoms with Gasteiger partial charge in [0.1, 0.15) is 6.07 Å². The van der Waals surface area contributed by atoms with Gasteiger partial charge in [-0.2, -0.15) is 5.26 Å². The molecule has 3 rings (SSSR count). The number of aryl methyl sites for hydroxylation is 1. The first-order chi connectivity index (χ1) is 9.19.